The maximum atomic E-state index is 11.7. The Labute approximate surface area is 136 Å². The van der Waals surface area contributed by atoms with E-state index in [1.807, 2.05) is 20.8 Å². The third kappa shape index (κ3) is 7.48. The third-order valence-corrected chi connectivity index (χ3v) is 4.28. The maximum absolute atomic E-state index is 11.7. The SMILES string of the molecule is CC(C)CC1(CNC(C)CNC(=O)OC(C)(C)C)CCCC1. The molecule has 0 aromatic heterocycles. The highest BCUT2D eigenvalue weighted by atomic mass is 16.6. The summed E-state index contributed by atoms with van der Waals surface area (Å²) in [4.78, 5) is 11.7. The van der Waals surface area contributed by atoms with Crippen molar-refractivity contribution in [3.63, 3.8) is 0 Å². The quantitative estimate of drug-likeness (QED) is 0.744. The molecule has 0 radical (unpaired) electrons. The van der Waals surface area contributed by atoms with Crippen LogP contribution in [0.3, 0.4) is 0 Å². The molecule has 1 atom stereocenters. The van der Waals surface area contributed by atoms with Gasteiger partial charge in [-0.1, -0.05) is 26.7 Å². The van der Waals surface area contributed by atoms with Crippen LogP contribution >= 0.6 is 0 Å². The van der Waals surface area contributed by atoms with Crippen LogP contribution in [0.1, 0.15) is 73.6 Å². The molecule has 4 heteroatoms. The third-order valence-electron chi connectivity index (χ3n) is 4.28. The highest BCUT2D eigenvalue weighted by Gasteiger charge is 2.34. The smallest absolute Gasteiger partial charge is 0.407 e. The van der Waals surface area contributed by atoms with Crippen molar-refractivity contribution in [2.24, 2.45) is 11.3 Å². The van der Waals surface area contributed by atoms with Gasteiger partial charge in [-0.15, -0.1) is 0 Å². The highest BCUT2D eigenvalue weighted by molar-refractivity contribution is 5.67. The van der Waals surface area contributed by atoms with Crippen molar-refractivity contribution >= 4 is 6.09 Å². The Balaban J connectivity index is 2.32. The lowest BCUT2D eigenvalue weighted by atomic mass is 9.78. The topological polar surface area (TPSA) is 50.4 Å². The zero-order valence-corrected chi connectivity index (χ0v) is 15.4. The number of carbonyl (C=O) groups is 1. The van der Waals surface area contributed by atoms with Gasteiger partial charge in [0.15, 0.2) is 0 Å². The van der Waals surface area contributed by atoms with E-state index in [9.17, 15) is 4.79 Å². The Morgan fingerprint density at radius 1 is 1.18 bits per heavy atom. The monoisotopic (exact) mass is 312 g/mol. The Kier molecular flexibility index (Phi) is 7.17. The second-order valence-corrected chi connectivity index (χ2v) is 8.47. The summed E-state index contributed by atoms with van der Waals surface area (Å²) in [6, 6.07) is 0.261. The first-order valence-corrected chi connectivity index (χ1v) is 8.82. The van der Waals surface area contributed by atoms with Crippen LogP contribution in [0.2, 0.25) is 0 Å². The van der Waals surface area contributed by atoms with Crippen molar-refractivity contribution < 1.29 is 9.53 Å². The molecule has 0 heterocycles. The number of alkyl carbamates (subject to hydrolysis) is 1. The number of amides is 1. The summed E-state index contributed by atoms with van der Waals surface area (Å²) in [6.07, 6.45) is 6.36. The molecule has 1 amide bonds. The van der Waals surface area contributed by atoms with Gasteiger partial charge < -0.3 is 15.4 Å². The van der Waals surface area contributed by atoms with Gasteiger partial charge in [-0.3, -0.25) is 0 Å². The lowest BCUT2D eigenvalue weighted by Gasteiger charge is -2.32. The molecule has 1 aliphatic carbocycles. The zero-order chi connectivity index (χ0) is 16.8. The van der Waals surface area contributed by atoms with Crippen LogP contribution in [-0.4, -0.2) is 30.8 Å². The van der Waals surface area contributed by atoms with Gasteiger partial charge in [0.1, 0.15) is 5.60 Å². The van der Waals surface area contributed by atoms with E-state index in [1.54, 1.807) is 0 Å². The van der Waals surface area contributed by atoms with E-state index in [4.69, 9.17) is 4.74 Å². The fraction of sp³-hybridized carbons (Fsp3) is 0.944. The standard InChI is InChI=1S/C18H36N2O2/c1-14(2)11-18(9-7-8-10-18)13-20-15(3)12-19-16(21)22-17(4,5)6/h14-15,20H,7-13H2,1-6H3,(H,19,21). The molecule has 1 aliphatic rings. The number of rotatable bonds is 7. The molecule has 0 saturated heterocycles. The van der Waals surface area contributed by atoms with Crippen LogP contribution in [0.15, 0.2) is 0 Å². The summed E-state index contributed by atoms with van der Waals surface area (Å²) >= 11 is 0. The van der Waals surface area contributed by atoms with E-state index in [1.165, 1.54) is 32.1 Å². The van der Waals surface area contributed by atoms with Crippen molar-refractivity contribution in [1.29, 1.82) is 0 Å². The summed E-state index contributed by atoms with van der Waals surface area (Å²) in [7, 11) is 0. The largest absolute Gasteiger partial charge is 0.444 e. The number of hydrogen-bond acceptors (Lipinski definition) is 3. The normalized spacial score (nSPS) is 19.2. The molecule has 0 spiro atoms. The lowest BCUT2D eigenvalue weighted by molar-refractivity contribution is 0.0522. The molecule has 4 nitrogen and oxygen atoms in total. The number of hydrogen-bond donors (Lipinski definition) is 2. The van der Waals surface area contributed by atoms with Gasteiger partial charge in [-0.05, 0) is 58.3 Å². The minimum atomic E-state index is -0.439. The van der Waals surface area contributed by atoms with E-state index in [2.05, 4.69) is 31.4 Å². The molecule has 0 aromatic carbocycles. The molecular weight excluding hydrogens is 276 g/mol. The van der Waals surface area contributed by atoms with Crippen LogP contribution in [0.5, 0.6) is 0 Å². The van der Waals surface area contributed by atoms with E-state index < -0.39 is 5.60 Å². The van der Waals surface area contributed by atoms with Gasteiger partial charge in [0, 0.05) is 19.1 Å². The fourth-order valence-electron chi connectivity index (χ4n) is 3.46. The molecule has 22 heavy (non-hydrogen) atoms. The molecule has 0 aromatic rings. The molecule has 130 valence electrons. The lowest BCUT2D eigenvalue weighted by Crippen LogP contribution is -2.44. The fourth-order valence-corrected chi connectivity index (χ4v) is 3.46. The molecule has 0 bridgehead atoms. The summed E-state index contributed by atoms with van der Waals surface area (Å²) in [5.74, 6) is 0.745. The summed E-state index contributed by atoms with van der Waals surface area (Å²) < 4.78 is 5.26. The van der Waals surface area contributed by atoms with E-state index in [0.717, 1.165) is 12.5 Å². The molecule has 2 N–H and O–H groups in total. The minimum Gasteiger partial charge on any atom is -0.444 e. The molecule has 1 rings (SSSR count). The Morgan fingerprint density at radius 3 is 2.27 bits per heavy atom. The summed E-state index contributed by atoms with van der Waals surface area (Å²) in [6.45, 7) is 14.0. The minimum absolute atomic E-state index is 0.261. The van der Waals surface area contributed by atoms with Gasteiger partial charge in [0.05, 0.1) is 0 Å². The Morgan fingerprint density at radius 2 is 1.77 bits per heavy atom. The Bertz CT molecular complexity index is 341. The Hall–Kier alpha value is -0.770. The number of ether oxygens (including phenoxy) is 1. The average molecular weight is 312 g/mol. The number of carbonyl (C=O) groups excluding carboxylic acids is 1. The predicted molar refractivity (Wildman–Crippen MR) is 92.1 cm³/mol. The zero-order valence-electron chi connectivity index (χ0n) is 15.4. The predicted octanol–water partition coefficient (Wildman–Crippen LogP) is 4.10. The first-order valence-electron chi connectivity index (χ1n) is 8.82. The van der Waals surface area contributed by atoms with E-state index >= 15 is 0 Å². The van der Waals surface area contributed by atoms with Crippen LogP contribution in [0, 0.1) is 11.3 Å². The van der Waals surface area contributed by atoms with Crippen LogP contribution in [0.25, 0.3) is 0 Å². The molecular formula is C18H36N2O2. The molecule has 1 saturated carbocycles. The first-order chi connectivity index (χ1) is 10.1. The summed E-state index contributed by atoms with van der Waals surface area (Å²) in [5.41, 5.74) is 0.0280. The van der Waals surface area contributed by atoms with Crippen molar-refractivity contribution in [1.82, 2.24) is 10.6 Å². The van der Waals surface area contributed by atoms with Crippen LogP contribution in [-0.2, 0) is 4.74 Å². The van der Waals surface area contributed by atoms with Crippen molar-refractivity contribution in [3.05, 3.63) is 0 Å². The second kappa shape index (κ2) is 8.19. The van der Waals surface area contributed by atoms with Gasteiger partial charge in [0.2, 0.25) is 0 Å². The second-order valence-electron chi connectivity index (χ2n) is 8.47. The number of nitrogens with one attached hydrogen (secondary N) is 2. The van der Waals surface area contributed by atoms with Crippen molar-refractivity contribution in [2.45, 2.75) is 85.3 Å². The van der Waals surface area contributed by atoms with Gasteiger partial charge in [-0.2, -0.15) is 0 Å². The van der Waals surface area contributed by atoms with Gasteiger partial charge in [-0.25, -0.2) is 4.79 Å². The molecule has 1 unspecified atom stereocenters. The molecule has 1 fully saturated rings. The van der Waals surface area contributed by atoms with Crippen molar-refractivity contribution in [3.8, 4) is 0 Å². The average Bonchev–Trinajstić information content (AvgIpc) is 2.80. The molecule has 0 aliphatic heterocycles. The first kappa shape index (κ1) is 19.3. The van der Waals surface area contributed by atoms with Crippen LogP contribution < -0.4 is 10.6 Å². The van der Waals surface area contributed by atoms with Gasteiger partial charge in [0.25, 0.3) is 0 Å². The van der Waals surface area contributed by atoms with E-state index in [-0.39, 0.29) is 12.1 Å². The highest BCUT2D eigenvalue weighted by Crippen LogP contribution is 2.42. The van der Waals surface area contributed by atoms with Crippen molar-refractivity contribution in [2.75, 3.05) is 13.1 Å². The summed E-state index contributed by atoms with van der Waals surface area (Å²) in [5, 5.41) is 6.46. The maximum Gasteiger partial charge on any atom is 0.407 e. The van der Waals surface area contributed by atoms with E-state index in [0.29, 0.717) is 12.0 Å². The van der Waals surface area contributed by atoms with Crippen LogP contribution in [0.4, 0.5) is 4.79 Å². The van der Waals surface area contributed by atoms with Gasteiger partial charge >= 0.3 is 6.09 Å².